The highest BCUT2D eigenvalue weighted by Gasteiger charge is 2.30. The summed E-state index contributed by atoms with van der Waals surface area (Å²) in [4.78, 5) is -0.380. The van der Waals surface area contributed by atoms with Crippen LogP contribution in [0.2, 0.25) is 5.02 Å². The monoisotopic (exact) mass is 345 g/mol. The van der Waals surface area contributed by atoms with Crippen molar-refractivity contribution in [1.29, 1.82) is 0 Å². The lowest BCUT2D eigenvalue weighted by Crippen LogP contribution is -2.36. The summed E-state index contributed by atoms with van der Waals surface area (Å²) >= 11 is 5.68. The van der Waals surface area contributed by atoms with Gasteiger partial charge in [-0.05, 0) is 32.0 Å². The van der Waals surface area contributed by atoms with E-state index in [0.29, 0.717) is 0 Å². The summed E-state index contributed by atoms with van der Waals surface area (Å²) < 4.78 is 42.3. The Morgan fingerprint density at radius 3 is 2.59 bits per heavy atom. The Morgan fingerprint density at radius 1 is 1.41 bits per heavy atom. The van der Waals surface area contributed by atoms with Crippen molar-refractivity contribution in [2.45, 2.75) is 31.3 Å². The number of aromatic nitrogens is 2. The van der Waals surface area contributed by atoms with Gasteiger partial charge in [-0.1, -0.05) is 11.6 Å². The average Bonchev–Trinajstić information content (AvgIpc) is 2.80. The van der Waals surface area contributed by atoms with Gasteiger partial charge in [0.25, 0.3) is 0 Å². The minimum Gasteiger partial charge on any atom is -0.275 e. The second-order valence-electron chi connectivity index (χ2n) is 5.24. The molecule has 5 nitrogen and oxygen atoms in total. The van der Waals surface area contributed by atoms with Crippen molar-refractivity contribution >= 4 is 21.6 Å². The highest BCUT2D eigenvalue weighted by molar-refractivity contribution is 7.89. The number of sulfonamides is 1. The number of benzene rings is 1. The third-order valence-corrected chi connectivity index (χ3v) is 5.44. The second kappa shape index (κ2) is 6.36. The molecule has 1 aromatic heterocycles. The Kier molecular flexibility index (Phi) is 4.89. The van der Waals surface area contributed by atoms with Gasteiger partial charge in [-0.3, -0.25) is 4.68 Å². The van der Waals surface area contributed by atoms with Gasteiger partial charge in [-0.15, -0.1) is 0 Å². The highest BCUT2D eigenvalue weighted by atomic mass is 35.5. The zero-order valence-corrected chi connectivity index (χ0v) is 14.1. The molecule has 2 rings (SSSR count). The molecular weight excluding hydrogens is 329 g/mol. The maximum Gasteiger partial charge on any atom is 0.246 e. The first-order valence-corrected chi connectivity index (χ1v) is 8.48. The molecule has 0 saturated heterocycles. The van der Waals surface area contributed by atoms with Gasteiger partial charge in [-0.2, -0.15) is 9.40 Å². The summed E-state index contributed by atoms with van der Waals surface area (Å²) in [7, 11) is -2.23. The molecule has 0 saturated carbocycles. The van der Waals surface area contributed by atoms with E-state index in [9.17, 15) is 12.8 Å². The van der Waals surface area contributed by atoms with E-state index in [1.165, 1.54) is 16.4 Å². The fourth-order valence-electron chi connectivity index (χ4n) is 2.09. The first-order chi connectivity index (χ1) is 10.2. The maximum absolute atomic E-state index is 14.0. The largest absolute Gasteiger partial charge is 0.275 e. The number of hydrogen-bond acceptors (Lipinski definition) is 3. The molecule has 0 aliphatic rings. The standard InChI is InChI=1S/C14H17ClFN3O2S/c1-10(2)19(9-11-7-17-18(3)8-11)22(20,21)14-5-4-12(15)6-13(14)16/h4-8,10H,9H2,1-3H3. The SMILES string of the molecule is CC(C)N(Cc1cnn(C)c1)S(=O)(=O)c1ccc(Cl)cc1F. The third kappa shape index (κ3) is 3.48. The summed E-state index contributed by atoms with van der Waals surface area (Å²) in [5, 5.41) is 4.17. The van der Waals surface area contributed by atoms with Crippen LogP contribution < -0.4 is 0 Å². The molecule has 0 aliphatic carbocycles. The molecule has 0 radical (unpaired) electrons. The van der Waals surface area contributed by atoms with Crippen LogP contribution >= 0.6 is 11.6 Å². The van der Waals surface area contributed by atoms with E-state index in [2.05, 4.69) is 5.10 Å². The van der Waals surface area contributed by atoms with Crippen molar-refractivity contribution in [3.8, 4) is 0 Å². The summed E-state index contributed by atoms with van der Waals surface area (Å²) in [5.74, 6) is -0.857. The minimum absolute atomic E-state index is 0.121. The molecular formula is C14H17ClFN3O2S. The molecule has 0 atom stereocenters. The van der Waals surface area contributed by atoms with Crippen LogP contribution in [-0.2, 0) is 23.6 Å². The van der Waals surface area contributed by atoms with Crippen molar-refractivity contribution in [3.63, 3.8) is 0 Å². The predicted octanol–water partition coefficient (Wildman–Crippen LogP) is 2.81. The molecule has 0 spiro atoms. The number of rotatable bonds is 5. The molecule has 8 heteroatoms. The lowest BCUT2D eigenvalue weighted by molar-refractivity contribution is 0.346. The van der Waals surface area contributed by atoms with Crippen LogP contribution in [0.15, 0.2) is 35.5 Å². The van der Waals surface area contributed by atoms with Gasteiger partial charge in [0, 0.05) is 36.4 Å². The minimum atomic E-state index is -3.97. The van der Waals surface area contributed by atoms with E-state index >= 15 is 0 Å². The molecule has 0 aliphatic heterocycles. The van der Waals surface area contributed by atoms with Crippen LogP contribution in [0.25, 0.3) is 0 Å². The molecule has 120 valence electrons. The summed E-state index contributed by atoms with van der Waals surface area (Å²) in [6, 6.07) is 3.21. The predicted molar refractivity (Wildman–Crippen MR) is 82.5 cm³/mol. The summed E-state index contributed by atoms with van der Waals surface area (Å²) in [6.45, 7) is 3.60. The van der Waals surface area contributed by atoms with Gasteiger partial charge < -0.3 is 0 Å². The fourth-order valence-corrected chi connectivity index (χ4v) is 3.92. The van der Waals surface area contributed by atoms with Gasteiger partial charge in [0.05, 0.1) is 6.20 Å². The normalized spacial score (nSPS) is 12.3. The number of halogens is 2. The van der Waals surface area contributed by atoms with Crippen molar-refractivity contribution in [2.75, 3.05) is 0 Å². The topological polar surface area (TPSA) is 55.2 Å². The lowest BCUT2D eigenvalue weighted by atomic mass is 10.3. The Hall–Kier alpha value is -1.44. The molecule has 0 unspecified atom stereocenters. The Balaban J connectivity index is 2.42. The van der Waals surface area contributed by atoms with Crippen molar-refractivity contribution in [1.82, 2.24) is 14.1 Å². The van der Waals surface area contributed by atoms with E-state index in [-0.39, 0.29) is 22.5 Å². The zero-order valence-electron chi connectivity index (χ0n) is 12.5. The first kappa shape index (κ1) is 16.9. The van der Waals surface area contributed by atoms with Crippen molar-refractivity contribution in [3.05, 3.63) is 47.0 Å². The number of nitrogens with zero attached hydrogens (tertiary/aromatic N) is 3. The van der Waals surface area contributed by atoms with E-state index in [1.807, 2.05) is 0 Å². The molecule has 1 heterocycles. The smallest absolute Gasteiger partial charge is 0.246 e. The quantitative estimate of drug-likeness (QED) is 0.837. The van der Waals surface area contributed by atoms with Gasteiger partial charge >= 0.3 is 0 Å². The molecule has 2 aromatic rings. The molecule has 22 heavy (non-hydrogen) atoms. The Morgan fingerprint density at radius 2 is 2.09 bits per heavy atom. The van der Waals surface area contributed by atoms with Gasteiger partial charge in [0.15, 0.2) is 0 Å². The zero-order chi connectivity index (χ0) is 16.5. The molecule has 0 fully saturated rings. The maximum atomic E-state index is 14.0. The van der Waals surface area contributed by atoms with Crippen LogP contribution in [0.1, 0.15) is 19.4 Å². The van der Waals surface area contributed by atoms with E-state index in [0.717, 1.165) is 11.6 Å². The average molecular weight is 346 g/mol. The first-order valence-electron chi connectivity index (χ1n) is 6.66. The lowest BCUT2D eigenvalue weighted by Gasteiger charge is -2.25. The van der Waals surface area contributed by atoms with E-state index in [1.54, 1.807) is 38.0 Å². The fraction of sp³-hybridized carbons (Fsp3) is 0.357. The van der Waals surface area contributed by atoms with Crippen LogP contribution in [0, 0.1) is 5.82 Å². The molecule has 1 aromatic carbocycles. The van der Waals surface area contributed by atoms with Crippen LogP contribution in [0.5, 0.6) is 0 Å². The van der Waals surface area contributed by atoms with Crippen molar-refractivity contribution in [2.24, 2.45) is 7.05 Å². The van der Waals surface area contributed by atoms with Crippen LogP contribution in [0.3, 0.4) is 0 Å². The second-order valence-corrected chi connectivity index (χ2v) is 7.54. The molecule has 0 bridgehead atoms. The van der Waals surface area contributed by atoms with E-state index < -0.39 is 15.8 Å². The Bertz CT molecular complexity index is 774. The number of hydrogen-bond donors (Lipinski definition) is 0. The molecule has 0 amide bonds. The van der Waals surface area contributed by atoms with E-state index in [4.69, 9.17) is 11.6 Å². The number of aryl methyl sites for hydroxylation is 1. The summed E-state index contributed by atoms with van der Waals surface area (Å²) in [5.41, 5.74) is 0.731. The van der Waals surface area contributed by atoms with Gasteiger partial charge in [0.1, 0.15) is 10.7 Å². The van der Waals surface area contributed by atoms with Crippen LogP contribution in [0.4, 0.5) is 4.39 Å². The molecule has 0 N–H and O–H groups in total. The van der Waals surface area contributed by atoms with Crippen LogP contribution in [-0.4, -0.2) is 28.5 Å². The van der Waals surface area contributed by atoms with Crippen molar-refractivity contribution < 1.29 is 12.8 Å². The highest BCUT2D eigenvalue weighted by Crippen LogP contribution is 2.25. The van der Waals surface area contributed by atoms with Gasteiger partial charge in [-0.25, -0.2) is 12.8 Å². The third-order valence-electron chi connectivity index (χ3n) is 3.15. The summed E-state index contributed by atoms with van der Waals surface area (Å²) in [6.07, 6.45) is 3.31. The Labute approximate surface area is 134 Å². The van der Waals surface area contributed by atoms with Gasteiger partial charge in [0.2, 0.25) is 10.0 Å².